The number of hydrogen-bond donors (Lipinski definition) is 2. The number of amides is 1. The number of carbonyl (C=O) groups is 2. The third-order valence-electron chi connectivity index (χ3n) is 4.29. The normalized spacial score (nSPS) is 14.5. The van der Waals surface area contributed by atoms with Gasteiger partial charge in [-0.15, -0.1) is 0 Å². The third-order valence-corrected chi connectivity index (χ3v) is 5.67. The van der Waals surface area contributed by atoms with Gasteiger partial charge in [-0.05, 0) is 28.1 Å². The molecule has 1 aliphatic carbocycles. The maximum absolute atomic E-state index is 12.2. The fourth-order valence-electron chi connectivity index (χ4n) is 2.90. The van der Waals surface area contributed by atoms with E-state index in [1.54, 1.807) is 18.2 Å². The zero-order chi connectivity index (χ0) is 19.5. The van der Waals surface area contributed by atoms with Gasteiger partial charge in [-0.25, -0.2) is 14.3 Å². The van der Waals surface area contributed by atoms with Crippen LogP contribution in [0.4, 0.5) is 4.79 Å². The van der Waals surface area contributed by atoms with Crippen LogP contribution in [-0.4, -0.2) is 31.6 Å². The number of hydrogen-bond acceptors (Lipinski definition) is 4. The Kier molecular flexibility index (Phi) is 4.03. The topological polar surface area (TPSA) is 111 Å². The number of pyridine rings is 1. The van der Waals surface area contributed by atoms with Crippen molar-refractivity contribution in [1.82, 2.24) is 14.5 Å². The molecule has 0 fully saturated rings. The Balaban J connectivity index is 2.07. The molecule has 0 bridgehead atoms. The van der Waals surface area contributed by atoms with E-state index < -0.39 is 17.4 Å². The molecule has 3 aromatic rings. The maximum Gasteiger partial charge on any atom is 0.325 e. The number of rotatable bonds is 3. The van der Waals surface area contributed by atoms with Crippen molar-refractivity contribution in [3.63, 3.8) is 0 Å². The zero-order valence-corrected chi connectivity index (χ0v) is 16.4. The standard InChI is InChI=1S/C17H9BrCl2N4O3/c18-11-12-9(6-22-13(11)17(4-5-17)15(25)26)23-14(24(12)16(21)27)10-7(19)2-1-3-8(10)20/h1-6H,(H2,21,27)(H,25,26). The molecule has 1 amide bonds. The lowest BCUT2D eigenvalue weighted by molar-refractivity contribution is -0.139. The highest BCUT2D eigenvalue weighted by atomic mass is 79.9. The fourth-order valence-corrected chi connectivity index (χ4v) is 4.28. The lowest BCUT2D eigenvalue weighted by Crippen LogP contribution is -2.24. The van der Waals surface area contributed by atoms with Crippen molar-refractivity contribution in [3.8, 4) is 11.4 Å². The van der Waals surface area contributed by atoms with Crippen molar-refractivity contribution in [2.24, 2.45) is 5.73 Å². The first-order chi connectivity index (χ1) is 12.8. The monoisotopic (exact) mass is 466 g/mol. The number of aliphatic carboxylic acids is 1. The van der Waals surface area contributed by atoms with E-state index in [-0.39, 0.29) is 27.1 Å². The SMILES string of the molecule is NC(=O)n1c(-c2c(Cl)cccc2Cl)nc2cnc(C3(C(=O)O)C=C3)c(Br)c21. The lowest BCUT2D eigenvalue weighted by Gasteiger charge is -2.13. The summed E-state index contributed by atoms with van der Waals surface area (Å²) >= 11 is 15.9. The van der Waals surface area contributed by atoms with E-state index in [0.29, 0.717) is 15.6 Å². The summed E-state index contributed by atoms with van der Waals surface area (Å²) in [6, 6.07) is 4.06. The van der Waals surface area contributed by atoms with Gasteiger partial charge in [-0.3, -0.25) is 9.78 Å². The molecule has 0 aliphatic heterocycles. The Morgan fingerprint density at radius 2 is 1.85 bits per heavy atom. The molecule has 3 N–H and O–H groups in total. The second-order valence-corrected chi connectivity index (χ2v) is 7.48. The predicted molar refractivity (Wildman–Crippen MR) is 104 cm³/mol. The number of carbonyl (C=O) groups excluding carboxylic acids is 1. The number of primary amides is 1. The first-order valence-electron chi connectivity index (χ1n) is 7.53. The maximum atomic E-state index is 12.2. The summed E-state index contributed by atoms with van der Waals surface area (Å²) in [4.78, 5) is 32.5. The number of imidazole rings is 1. The molecule has 0 unspecified atom stereocenters. The molecule has 0 spiro atoms. The van der Waals surface area contributed by atoms with Gasteiger partial charge in [0.2, 0.25) is 0 Å². The van der Waals surface area contributed by atoms with E-state index in [2.05, 4.69) is 25.9 Å². The van der Waals surface area contributed by atoms with Gasteiger partial charge >= 0.3 is 12.0 Å². The number of halogens is 3. The molecule has 2 aromatic heterocycles. The Labute approximate surface area is 170 Å². The van der Waals surface area contributed by atoms with Crippen LogP contribution in [-0.2, 0) is 10.2 Å². The van der Waals surface area contributed by atoms with Gasteiger partial charge in [0.05, 0.1) is 37.5 Å². The molecule has 4 rings (SSSR count). The molecule has 0 radical (unpaired) electrons. The van der Waals surface area contributed by atoms with Crippen molar-refractivity contribution in [1.29, 1.82) is 0 Å². The highest BCUT2D eigenvalue weighted by Gasteiger charge is 2.47. The van der Waals surface area contributed by atoms with Crippen LogP contribution in [0.1, 0.15) is 5.69 Å². The second kappa shape index (κ2) is 6.05. The van der Waals surface area contributed by atoms with Crippen LogP contribution in [0.2, 0.25) is 10.0 Å². The van der Waals surface area contributed by atoms with Crippen LogP contribution in [0, 0.1) is 0 Å². The van der Waals surface area contributed by atoms with Crippen LogP contribution in [0.25, 0.3) is 22.4 Å². The summed E-state index contributed by atoms with van der Waals surface area (Å²) in [5.74, 6) is -0.935. The Bertz CT molecular complexity index is 1160. The average molecular weight is 468 g/mol. The van der Waals surface area contributed by atoms with Gasteiger partial charge in [0.25, 0.3) is 0 Å². The number of fused-ring (bicyclic) bond motifs is 1. The van der Waals surface area contributed by atoms with Gasteiger partial charge in [0.15, 0.2) is 5.82 Å². The third kappa shape index (κ3) is 2.55. The van der Waals surface area contributed by atoms with Crippen LogP contribution in [0.3, 0.4) is 0 Å². The van der Waals surface area contributed by atoms with Gasteiger partial charge in [0.1, 0.15) is 10.9 Å². The average Bonchev–Trinajstić information content (AvgIpc) is 3.30. The summed E-state index contributed by atoms with van der Waals surface area (Å²) in [5.41, 5.74) is 5.45. The molecule has 10 heteroatoms. The molecular weight excluding hydrogens is 459 g/mol. The zero-order valence-electron chi connectivity index (χ0n) is 13.3. The van der Waals surface area contributed by atoms with E-state index >= 15 is 0 Å². The van der Waals surface area contributed by atoms with E-state index in [4.69, 9.17) is 28.9 Å². The quantitative estimate of drug-likeness (QED) is 0.565. The van der Waals surface area contributed by atoms with Gasteiger partial charge in [-0.2, -0.15) is 0 Å². The minimum Gasteiger partial charge on any atom is -0.480 e. The highest BCUT2D eigenvalue weighted by Crippen LogP contribution is 2.44. The lowest BCUT2D eigenvalue weighted by atomic mass is 9.99. The number of aromatic nitrogens is 3. The van der Waals surface area contributed by atoms with Gasteiger partial charge in [0, 0.05) is 0 Å². The van der Waals surface area contributed by atoms with Gasteiger partial charge in [-0.1, -0.05) is 41.4 Å². The molecule has 1 aromatic carbocycles. The van der Waals surface area contributed by atoms with Crippen molar-refractivity contribution in [2.45, 2.75) is 5.41 Å². The molecule has 1 aliphatic rings. The highest BCUT2D eigenvalue weighted by molar-refractivity contribution is 9.10. The summed E-state index contributed by atoms with van der Waals surface area (Å²) in [6.45, 7) is 0. The molecule has 0 atom stereocenters. The van der Waals surface area contributed by atoms with Crippen molar-refractivity contribution in [2.75, 3.05) is 0 Å². The molecular formula is C17H9BrCl2N4O3. The number of benzene rings is 1. The molecule has 7 nitrogen and oxygen atoms in total. The van der Waals surface area contributed by atoms with Crippen LogP contribution in [0.5, 0.6) is 0 Å². The van der Waals surface area contributed by atoms with Crippen molar-refractivity contribution in [3.05, 3.63) is 56.8 Å². The summed E-state index contributed by atoms with van der Waals surface area (Å²) in [7, 11) is 0. The molecule has 2 heterocycles. The smallest absolute Gasteiger partial charge is 0.325 e. The first kappa shape index (κ1) is 18.0. The number of nitrogens with two attached hydrogens (primary N) is 1. The van der Waals surface area contributed by atoms with Crippen LogP contribution in [0.15, 0.2) is 41.0 Å². The molecule has 27 heavy (non-hydrogen) atoms. The fraction of sp³-hybridized carbons (Fsp3) is 0.0588. The molecule has 0 saturated heterocycles. The van der Waals surface area contributed by atoms with Crippen LogP contribution >= 0.6 is 39.1 Å². The van der Waals surface area contributed by atoms with E-state index in [1.165, 1.54) is 18.3 Å². The van der Waals surface area contributed by atoms with Gasteiger partial charge < -0.3 is 10.8 Å². The minimum absolute atomic E-state index is 0.140. The summed E-state index contributed by atoms with van der Waals surface area (Å²) in [6.07, 6.45) is 4.39. The first-order valence-corrected chi connectivity index (χ1v) is 9.08. The number of carboxylic acid groups (broad SMARTS) is 1. The van der Waals surface area contributed by atoms with E-state index in [1.807, 2.05) is 0 Å². The van der Waals surface area contributed by atoms with E-state index in [0.717, 1.165) is 4.57 Å². The van der Waals surface area contributed by atoms with Crippen molar-refractivity contribution >= 4 is 62.2 Å². The Hall–Kier alpha value is -2.42. The van der Waals surface area contributed by atoms with Crippen molar-refractivity contribution < 1.29 is 14.7 Å². The van der Waals surface area contributed by atoms with Crippen LogP contribution < -0.4 is 5.73 Å². The summed E-state index contributed by atoms with van der Waals surface area (Å²) < 4.78 is 1.43. The number of carboxylic acids is 1. The number of nitrogens with zero attached hydrogens (tertiary/aromatic N) is 3. The van der Waals surface area contributed by atoms with E-state index in [9.17, 15) is 14.7 Å². The molecule has 0 saturated carbocycles. The molecule has 136 valence electrons. The predicted octanol–water partition coefficient (Wildman–Crippen LogP) is 3.99. The summed E-state index contributed by atoms with van der Waals surface area (Å²) in [5, 5.41) is 10.1. The Morgan fingerprint density at radius 3 is 2.37 bits per heavy atom. The second-order valence-electron chi connectivity index (χ2n) is 5.87. The minimum atomic E-state index is -1.32. The Morgan fingerprint density at radius 1 is 1.22 bits per heavy atom. The largest absolute Gasteiger partial charge is 0.480 e.